The van der Waals surface area contributed by atoms with E-state index in [2.05, 4.69) is 4.99 Å². The molecule has 3 aliphatic heterocycles. The number of methoxy groups -OCH3 is 1. The number of furan rings is 1. The van der Waals surface area contributed by atoms with Gasteiger partial charge in [-0.25, -0.2) is 0 Å². The van der Waals surface area contributed by atoms with Crippen LogP contribution in [0.25, 0.3) is 0 Å². The standard InChI is InChI=1S/C20H20N2O6/c1-20-12(11-5-6-14(23)16(8-11)27-2)9-13(19(26)22(20)10-17(24)25)21-18(20)15-4-3-7-28-15/h3-8,12-13,23H,9-10H2,1-2H3,(H,24,25)/t12-,13-,20-/m0/s1. The molecule has 1 aromatic heterocycles. The first-order valence-corrected chi connectivity index (χ1v) is 8.88. The van der Waals surface area contributed by atoms with Crippen LogP contribution >= 0.6 is 0 Å². The quantitative estimate of drug-likeness (QED) is 0.816. The predicted octanol–water partition coefficient (Wildman–Crippen LogP) is 2.02. The largest absolute Gasteiger partial charge is 0.504 e. The monoisotopic (exact) mass is 384 g/mol. The maximum atomic E-state index is 12.9. The molecule has 2 aromatic rings. The van der Waals surface area contributed by atoms with Gasteiger partial charge in [-0.05, 0) is 43.2 Å². The molecule has 8 nitrogen and oxygen atoms in total. The van der Waals surface area contributed by atoms with Crippen LogP contribution in [-0.4, -0.2) is 57.9 Å². The van der Waals surface area contributed by atoms with Gasteiger partial charge in [-0.1, -0.05) is 6.07 Å². The van der Waals surface area contributed by atoms with E-state index in [0.717, 1.165) is 5.56 Å². The Balaban J connectivity index is 1.88. The Morgan fingerprint density at radius 2 is 2.21 bits per heavy atom. The first-order chi connectivity index (χ1) is 13.4. The number of fused-ring (bicyclic) bond motifs is 2. The van der Waals surface area contributed by atoms with E-state index in [9.17, 15) is 19.8 Å². The zero-order valence-electron chi connectivity index (χ0n) is 15.5. The zero-order valence-corrected chi connectivity index (χ0v) is 15.5. The number of benzene rings is 1. The van der Waals surface area contributed by atoms with Gasteiger partial charge in [-0.2, -0.15) is 0 Å². The molecule has 1 fully saturated rings. The SMILES string of the molecule is COc1cc([C@@H]2C[C@@H]3N=C(c4ccco4)[C@@]2(C)N(CC(=O)O)C3=O)ccc1O. The number of aliphatic carboxylic acids is 1. The molecule has 3 aliphatic rings. The summed E-state index contributed by atoms with van der Waals surface area (Å²) in [6.45, 7) is 1.38. The Bertz CT molecular complexity index is 967. The number of nitrogens with zero attached hydrogens (tertiary/aromatic N) is 2. The lowest BCUT2D eigenvalue weighted by molar-refractivity contribution is -0.152. The van der Waals surface area contributed by atoms with Gasteiger partial charge in [-0.3, -0.25) is 14.6 Å². The van der Waals surface area contributed by atoms with Gasteiger partial charge in [0.1, 0.15) is 24.1 Å². The first kappa shape index (κ1) is 18.1. The van der Waals surface area contributed by atoms with Crippen LogP contribution < -0.4 is 4.74 Å². The van der Waals surface area contributed by atoms with E-state index in [1.165, 1.54) is 24.3 Å². The highest BCUT2D eigenvalue weighted by Gasteiger charge is 2.58. The van der Waals surface area contributed by atoms with Crippen LogP contribution in [0.15, 0.2) is 46.0 Å². The fraction of sp³-hybridized carbons (Fsp3) is 0.350. The number of carbonyl (C=O) groups is 2. The number of aromatic hydroxyl groups is 1. The Hall–Kier alpha value is -3.29. The van der Waals surface area contributed by atoms with Crippen LogP contribution in [0.5, 0.6) is 11.5 Å². The molecule has 1 amide bonds. The third-order valence-electron chi connectivity index (χ3n) is 5.67. The van der Waals surface area contributed by atoms with Gasteiger partial charge in [0.2, 0.25) is 5.91 Å². The van der Waals surface area contributed by atoms with E-state index in [1.807, 2.05) is 6.92 Å². The van der Waals surface area contributed by atoms with E-state index in [1.54, 1.807) is 24.3 Å². The molecule has 8 heteroatoms. The van der Waals surface area contributed by atoms with Crippen molar-refractivity contribution in [2.24, 2.45) is 4.99 Å². The first-order valence-electron chi connectivity index (χ1n) is 8.88. The van der Waals surface area contributed by atoms with Crippen LogP contribution in [0.4, 0.5) is 0 Å². The smallest absolute Gasteiger partial charge is 0.323 e. The Morgan fingerprint density at radius 1 is 1.43 bits per heavy atom. The molecule has 28 heavy (non-hydrogen) atoms. The van der Waals surface area contributed by atoms with Crippen molar-refractivity contribution in [3.63, 3.8) is 0 Å². The van der Waals surface area contributed by atoms with E-state index < -0.39 is 24.1 Å². The van der Waals surface area contributed by atoms with Crippen molar-refractivity contribution in [2.75, 3.05) is 13.7 Å². The summed E-state index contributed by atoms with van der Waals surface area (Å²) >= 11 is 0. The minimum absolute atomic E-state index is 0.00997. The Kier molecular flexibility index (Phi) is 4.14. The highest BCUT2D eigenvalue weighted by Crippen LogP contribution is 2.49. The molecule has 0 radical (unpaired) electrons. The third kappa shape index (κ3) is 2.56. The molecule has 2 bridgehead atoms. The number of carboxylic acid groups (broad SMARTS) is 1. The lowest BCUT2D eigenvalue weighted by Crippen LogP contribution is -2.69. The fourth-order valence-electron chi connectivity index (χ4n) is 4.31. The maximum absolute atomic E-state index is 12.9. The predicted molar refractivity (Wildman–Crippen MR) is 98.8 cm³/mol. The second-order valence-electron chi connectivity index (χ2n) is 7.16. The summed E-state index contributed by atoms with van der Waals surface area (Å²) in [5, 5.41) is 19.3. The number of carboxylic acids is 1. The number of piperidine rings is 1. The molecular weight excluding hydrogens is 364 g/mol. The zero-order chi connectivity index (χ0) is 20.1. The normalized spacial score (nSPS) is 26.3. The van der Waals surface area contributed by atoms with Crippen molar-refractivity contribution in [3.8, 4) is 11.5 Å². The van der Waals surface area contributed by atoms with Crippen molar-refractivity contribution in [1.82, 2.24) is 4.90 Å². The van der Waals surface area contributed by atoms with Crippen molar-refractivity contribution >= 4 is 17.6 Å². The van der Waals surface area contributed by atoms with Gasteiger partial charge >= 0.3 is 5.97 Å². The fourth-order valence-corrected chi connectivity index (χ4v) is 4.31. The van der Waals surface area contributed by atoms with Crippen LogP contribution in [0.3, 0.4) is 0 Å². The van der Waals surface area contributed by atoms with Crippen LogP contribution in [0.2, 0.25) is 0 Å². The number of hydrogen-bond donors (Lipinski definition) is 2. The highest BCUT2D eigenvalue weighted by molar-refractivity contribution is 6.12. The van der Waals surface area contributed by atoms with Crippen LogP contribution in [0, 0.1) is 0 Å². The van der Waals surface area contributed by atoms with Gasteiger partial charge in [0.15, 0.2) is 11.5 Å². The number of rotatable bonds is 5. The van der Waals surface area contributed by atoms with Gasteiger partial charge in [-0.15, -0.1) is 0 Å². The van der Waals surface area contributed by atoms with Crippen LogP contribution in [0.1, 0.15) is 30.6 Å². The summed E-state index contributed by atoms with van der Waals surface area (Å²) in [5.41, 5.74) is 0.347. The van der Waals surface area contributed by atoms with E-state index >= 15 is 0 Å². The number of phenols is 1. The van der Waals surface area contributed by atoms with Crippen molar-refractivity contribution in [3.05, 3.63) is 47.9 Å². The second-order valence-corrected chi connectivity index (χ2v) is 7.16. The topological polar surface area (TPSA) is 113 Å². The molecule has 4 heterocycles. The average molecular weight is 384 g/mol. The summed E-state index contributed by atoms with van der Waals surface area (Å²) in [5.74, 6) is -0.816. The van der Waals surface area contributed by atoms with Gasteiger partial charge in [0, 0.05) is 5.92 Å². The van der Waals surface area contributed by atoms with Gasteiger partial charge < -0.3 is 24.3 Å². The maximum Gasteiger partial charge on any atom is 0.323 e. The molecule has 146 valence electrons. The minimum Gasteiger partial charge on any atom is -0.504 e. The van der Waals surface area contributed by atoms with Gasteiger partial charge in [0.25, 0.3) is 0 Å². The molecule has 1 aromatic carbocycles. The minimum atomic E-state index is -1.09. The molecular formula is C20H20N2O6. The van der Waals surface area contributed by atoms with Crippen molar-refractivity contribution < 1.29 is 29.0 Å². The second kappa shape index (κ2) is 6.40. The number of ether oxygens (including phenoxy) is 1. The lowest BCUT2D eigenvalue weighted by Gasteiger charge is -2.54. The van der Waals surface area contributed by atoms with Crippen molar-refractivity contribution in [2.45, 2.75) is 30.8 Å². The molecule has 1 saturated heterocycles. The van der Waals surface area contributed by atoms with Gasteiger partial charge in [0.05, 0.1) is 18.9 Å². The van der Waals surface area contributed by atoms with Crippen molar-refractivity contribution in [1.29, 1.82) is 0 Å². The Labute approximate surface area is 161 Å². The number of phenolic OH excluding ortho intramolecular Hbond substituents is 1. The Morgan fingerprint density at radius 3 is 2.86 bits per heavy atom. The molecule has 2 N–H and O–H groups in total. The number of amides is 1. The average Bonchev–Trinajstić information content (AvgIpc) is 3.19. The van der Waals surface area contributed by atoms with Crippen LogP contribution in [-0.2, 0) is 9.59 Å². The highest BCUT2D eigenvalue weighted by atomic mass is 16.5. The molecule has 0 saturated carbocycles. The summed E-state index contributed by atoms with van der Waals surface area (Å²) in [7, 11) is 1.46. The molecule has 0 unspecified atom stereocenters. The molecule has 5 rings (SSSR count). The number of aliphatic imine (C=N–C) groups is 1. The molecule has 0 spiro atoms. The van der Waals surface area contributed by atoms with E-state index in [4.69, 9.17) is 9.15 Å². The molecule has 3 atom stereocenters. The van der Waals surface area contributed by atoms with E-state index in [0.29, 0.717) is 23.6 Å². The summed E-state index contributed by atoms with van der Waals surface area (Å²) in [6.07, 6.45) is 1.95. The number of carbonyl (C=O) groups excluding carboxylic acids is 1. The van der Waals surface area contributed by atoms with E-state index in [-0.39, 0.29) is 17.6 Å². The third-order valence-corrected chi connectivity index (χ3v) is 5.67. The summed E-state index contributed by atoms with van der Waals surface area (Å²) in [4.78, 5) is 30.3. The lowest BCUT2D eigenvalue weighted by atomic mass is 9.66. The summed E-state index contributed by atoms with van der Waals surface area (Å²) < 4.78 is 10.8. The number of hydrogen-bond acceptors (Lipinski definition) is 6. The molecule has 0 aliphatic carbocycles. The summed E-state index contributed by atoms with van der Waals surface area (Å²) in [6, 6.07) is 7.80.